The largest absolute Gasteiger partial charge is 0.308 e. The zero-order valence-electron chi connectivity index (χ0n) is 9.72. The van der Waals surface area contributed by atoms with Gasteiger partial charge in [0.15, 0.2) is 0 Å². The summed E-state index contributed by atoms with van der Waals surface area (Å²) in [6.07, 6.45) is 5.18. The van der Waals surface area contributed by atoms with E-state index in [9.17, 15) is 0 Å². The van der Waals surface area contributed by atoms with E-state index in [4.69, 9.17) is 5.41 Å². The van der Waals surface area contributed by atoms with Crippen LogP contribution in [0.2, 0.25) is 0 Å². The summed E-state index contributed by atoms with van der Waals surface area (Å²) in [5.74, 6) is 3.36. The SMILES string of the molecule is C=C(C=N)CC(C(C)C)C1C[C@H]1CC. The summed E-state index contributed by atoms with van der Waals surface area (Å²) in [5, 5.41) is 7.17. The van der Waals surface area contributed by atoms with Gasteiger partial charge in [-0.2, -0.15) is 0 Å². The Labute approximate surface area is 88.1 Å². The second kappa shape index (κ2) is 4.77. The first-order valence-electron chi connectivity index (χ1n) is 5.78. The fourth-order valence-electron chi connectivity index (χ4n) is 2.51. The van der Waals surface area contributed by atoms with Crippen LogP contribution in [0.1, 0.15) is 40.0 Å². The molecule has 2 unspecified atom stereocenters. The van der Waals surface area contributed by atoms with Crippen LogP contribution in [0.15, 0.2) is 12.2 Å². The summed E-state index contributed by atoms with van der Waals surface area (Å²) in [4.78, 5) is 0. The summed E-state index contributed by atoms with van der Waals surface area (Å²) in [6, 6.07) is 0. The standard InChI is InChI=1S/C13H23N/c1-5-11-7-13(11)12(9(2)3)6-10(4)8-14/h8-9,11-14H,4-7H2,1-3H3/t11-,12?,13?/m1/s1. The molecule has 0 radical (unpaired) electrons. The first-order chi connectivity index (χ1) is 6.60. The van der Waals surface area contributed by atoms with E-state index in [0.717, 1.165) is 35.7 Å². The fourth-order valence-corrected chi connectivity index (χ4v) is 2.51. The average Bonchev–Trinajstić information content (AvgIpc) is 2.92. The minimum atomic E-state index is 0.730. The Morgan fingerprint density at radius 3 is 2.57 bits per heavy atom. The molecule has 1 saturated carbocycles. The molecule has 3 atom stereocenters. The monoisotopic (exact) mass is 193 g/mol. The van der Waals surface area contributed by atoms with Crippen molar-refractivity contribution in [3.8, 4) is 0 Å². The van der Waals surface area contributed by atoms with Gasteiger partial charge in [0.05, 0.1) is 0 Å². The highest BCUT2D eigenvalue weighted by molar-refractivity contribution is 5.74. The molecule has 1 N–H and O–H groups in total. The lowest BCUT2D eigenvalue weighted by atomic mass is 9.84. The molecule has 0 amide bonds. The molecule has 80 valence electrons. The molecule has 0 saturated heterocycles. The van der Waals surface area contributed by atoms with Crippen molar-refractivity contribution in [3.63, 3.8) is 0 Å². The van der Waals surface area contributed by atoms with Gasteiger partial charge in [0.25, 0.3) is 0 Å². The van der Waals surface area contributed by atoms with Gasteiger partial charge in [0.2, 0.25) is 0 Å². The molecule has 1 heteroatoms. The van der Waals surface area contributed by atoms with Crippen LogP contribution >= 0.6 is 0 Å². The maximum atomic E-state index is 7.17. The molecule has 0 aromatic rings. The topological polar surface area (TPSA) is 23.9 Å². The minimum Gasteiger partial charge on any atom is -0.308 e. The lowest BCUT2D eigenvalue weighted by Gasteiger charge is -2.21. The molecule has 0 aromatic carbocycles. The molecule has 1 rings (SSSR count). The maximum absolute atomic E-state index is 7.17. The van der Waals surface area contributed by atoms with Crippen LogP contribution in [0.4, 0.5) is 0 Å². The molecule has 1 nitrogen and oxygen atoms in total. The molecule has 0 aliphatic heterocycles. The van der Waals surface area contributed by atoms with Crippen LogP contribution in [0.5, 0.6) is 0 Å². The Morgan fingerprint density at radius 1 is 1.57 bits per heavy atom. The third-order valence-electron chi connectivity index (χ3n) is 3.61. The van der Waals surface area contributed by atoms with Crippen LogP contribution in [0.25, 0.3) is 0 Å². The Hall–Kier alpha value is -0.590. The van der Waals surface area contributed by atoms with Crippen molar-refractivity contribution in [2.24, 2.45) is 23.7 Å². The first-order valence-corrected chi connectivity index (χ1v) is 5.78. The smallest absolute Gasteiger partial charge is 0.0204 e. The van der Waals surface area contributed by atoms with E-state index < -0.39 is 0 Å². The van der Waals surface area contributed by atoms with Crippen LogP contribution in [0.3, 0.4) is 0 Å². The Morgan fingerprint density at radius 2 is 2.21 bits per heavy atom. The van der Waals surface area contributed by atoms with Crippen LogP contribution in [-0.4, -0.2) is 6.21 Å². The van der Waals surface area contributed by atoms with E-state index in [1.54, 1.807) is 0 Å². The molecule has 1 fully saturated rings. The van der Waals surface area contributed by atoms with Crippen molar-refractivity contribution in [1.29, 1.82) is 5.41 Å². The number of allylic oxidation sites excluding steroid dienone is 1. The zero-order chi connectivity index (χ0) is 10.7. The summed E-state index contributed by atoms with van der Waals surface area (Å²) in [7, 11) is 0. The van der Waals surface area contributed by atoms with Crippen molar-refractivity contribution in [1.82, 2.24) is 0 Å². The number of hydrogen-bond donors (Lipinski definition) is 1. The average molecular weight is 193 g/mol. The lowest BCUT2D eigenvalue weighted by Crippen LogP contribution is -2.13. The molecule has 0 spiro atoms. The number of nitrogens with one attached hydrogen (secondary N) is 1. The number of rotatable bonds is 6. The van der Waals surface area contributed by atoms with Crippen molar-refractivity contribution >= 4 is 6.21 Å². The highest BCUT2D eigenvalue weighted by atomic mass is 14.5. The minimum absolute atomic E-state index is 0.730. The van der Waals surface area contributed by atoms with Gasteiger partial charge in [-0.25, -0.2) is 0 Å². The maximum Gasteiger partial charge on any atom is 0.0204 e. The molecule has 0 aromatic heterocycles. The second-order valence-corrected chi connectivity index (χ2v) is 4.98. The van der Waals surface area contributed by atoms with E-state index in [1.165, 1.54) is 19.1 Å². The van der Waals surface area contributed by atoms with Gasteiger partial charge in [0, 0.05) is 6.21 Å². The van der Waals surface area contributed by atoms with Crippen molar-refractivity contribution in [2.45, 2.75) is 40.0 Å². The van der Waals surface area contributed by atoms with E-state index in [1.807, 2.05) is 0 Å². The van der Waals surface area contributed by atoms with Crippen LogP contribution in [0, 0.1) is 29.1 Å². The summed E-state index contributed by atoms with van der Waals surface area (Å²) in [5.41, 5.74) is 0.991. The number of hydrogen-bond acceptors (Lipinski definition) is 1. The predicted molar refractivity (Wildman–Crippen MR) is 62.8 cm³/mol. The van der Waals surface area contributed by atoms with Crippen molar-refractivity contribution < 1.29 is 0 Å². The van der Waals surface area contributed by atoms with Gasteiger partial charge in [-0.05, 0) is 42.1 Å². The lowest BCUT2D eigenvalue weighted by molar-refractivity contribution is 0.323. The molecule has 14 heavy (non-hydrogen) atoms. The Balaban J connectivity index is 2.49. The predicted octanol–water partition coefficient (Wildman–Crippen LogP) is 3.90. The Kier molecular flexibility index (Phi) is 3.91. The summed E-state index contributed by atoms with van der Waals surface area (Å²) < 4.78 is 0. The van der Waals surface area contributed by atoms with E-state index in [0.29, 0.717) is 0 Å². The molecular formula is C13H23N. The van der Waals surface area contributed by atoms with E-state index >= 15 is 0 Å². The van der Waals surface area contributed by atoms with Crippen molar-refractivity contribution in [3.05, 3.63) is 12.2 Å². The van der Waals surface area contributed by atoms with Gasteiger partial charge in [-0.3, -0.25) is 0 Å². The molecule has 1 aliphatic carbocycles. The van der Waals surface area contributed by atoms with Crippen LogP contribution in [-0.2, 0) is 0 Å². The van der Waals surface area contributed by atoms with E-state index in [2.05, 4.69) is 27.4 Å². The normalized spacial score (nSPS) is 27.4. The second-order valence-electron chi connectivity index (χ2n) is 4.98. The zero-order valence-corrected chi connectivity index (χ0v) is 9.72. The summed E-state index contributed by atoms with van der Waals surface area (Å²) in [6.45, 7) is 10.8. The first kappa shape index (κ1) is 11.5. The molecular weight excluding hydrogens is 170 g/mol. The van der Waals surface area contributed by atoms with Gasteiger partial charge >= 0.3 is 0 Å². The van der Waals surface area contributed by atoms with Gasteiger partial charge < -0.3 is 5.41 Å². The van der Waals surface area contributed by atoms with Crippen molar-refractivity contribution in [2.75, 3.05) is 0 Å². The highest BCUT2D eigenvalue weighted by Gasteiger charge is 2.42. The highest BCUT2D eigenvalue weighted by Crippen LogP contribution is 2.50. The van der Waals surface area contributed by atoms with Gasteiger partial charge in [-0.15, -0.1) is 0 Å². The Bertz CT molecular complexity index is 217. The van der Waals surface area contributed by atoms with Crippen LogP contribution < -0.4 is 0 Å². The molecule has 0 heterocycles. The van der Waals surface area contributed by atoms with E-state index in [-0.39, 0.29) is 0 Å². The molecule has 0 bridgehead atoms. The third-order valence-corrected chi connectivity index (χ3v) is 3.61. The fraction of sp³-hybridized carbons (Fsp3) is 0.769. The van der Waals surface area contributed by atoms with Gasteiger partial charge in [0.1, 0.15) is 0 Å². The third kappa shape index (κ3) is 2.70. The molecule has 1 aliphatic rings. The van der Waals surface area contributed by atoms with Gasteiger partial charge in [-0.1, -0.05) is 33.8 Å². The summed E-state index contributed by atoms with van der Waals surface area (Å²) >= 11 is 0. The quantitative estimate of drug-likeness (QED) is 0.619.